The third-order valence-electron chi connectivity index (χ3n) is 5.66. The van der Waals surface area contributed by atoms with Crippen molar-refractivity contribution >= 4 is 56.8 Å². The Bertz CT molecular complexity index is 1430. The number of thiophene rings is 1. The molecule has 2 N–H and O–H groups in total. The summed E-state index contributed by atoms with van der Waals surface area (Å²) in [4.78, 5) is 49.9. The van der Waals surface area contributed by atoms with Crippen LogP contribution in [0.4, 0.5) is 5.00 Å². The molecule has 10 heteroatoms. The van der Waals surface area contributed by atoms with E-state index in [1.54, 1.807) is 20.0 Å². The van der Waals surface area contributed by atoms with E-state index in [1.807, 2.05) is 12.1 Å². The maximum atomic E-state index is 12.6. The van der Waals surface area contributed by atoms with Crippen molar-refractivity contribution in [2.75, 3.05) is 17.7 Å². The van der Waals surface area contributed by atoms with Crippen molar-refractivity contribution < 1.29 is 19.1 Å². The second-order valence-corrected chi connectivity index (χ2v) is 10.3. The van der Waals surface area contributed by atoms with E-state index in [1.165, 1.54) is 29.8 Å². The fourth-order valence-corrected chi connectivity index (χ4v) is 5.45. The van der Waals surface area contributed by atoms with Gasteiger partial charge in [-0.15, -0.1) is 11.3 Å². The number of nitrogens with zero attached hydrogens (tertiary/aromatic N) is 2. The first-order valence-electron chi connectivity index (χ1n) is 11.3. The summed E-state index contributed by atoms with van der Waals surface area (Å²) in [6.07, 6.45) is 1.72. The van der Waals surface area contributed by atoms with Crippen LogP contribution in [0.2, 0.25) is 0 Å². The maximum Gasteiger partial charge on any atom is 0.341 e. The number of ether oxygens (including phenoxy) is 1. The number of H-pyrrole nitrogens is 1. The van der Waals surface area contributed by atoms with Gasteiger partial charge in [-0.25, -0.2) is 14.8 Å². The van der Waals surface area contributed by atoms with Crippen LogP contribution >= 0.6 is 23.1 Å². The third-order valence-corrected chi connectivity index (χ3v) is 7.91. The predicted molar refractivity (Wildman–Crippen MR) is 143 cm³/mol. The summed E-state index contributed by atoms with van der Waals surface area (Å²) in [7, 11) is 0. The molecule has 0 aliphatic rings. The third kappa shape index (κ3) is 5.34. The number of carbonyl (C=O) groups excluding carboxylic acids is 3. The van der Waals surface area contributed by atoms with Gasteiger partial charge < -0.3 is 15.0 Å². The van der Waals surface area contributed by atoms with Crippen molar-refractivity contribution in [3.63, 3.8) is 0 Å². The van der Waals surface area contributed by atoms with Crippen molar-refractivity contribution in [2.24, 2.45) is 0 Å². The molecule has 36 heavy (non-hydrogen) atoms. The van der Waals surface area contributed by atoms with Crippen LogP contribution < -0.4 is 5.32 Å². The summed E-state index contributed by atoms with van der Waals surface area (Å²) >= 11 is 2.35. The molecule has 3 aromatic heterocycles. The number of imidazole rings is 1. The lowest BCUT2D eigenvalue weighted by atomic mass is 10.1. The molecule has 4 aromatic rings. The summed E-state index contributed by atoms with van der Waals surface area (Å²) in [5, 5.41) is 3.76. The lowest BCUT2D eigenvalue weighted by Gasteiger charge is -2.07. The SMILES string of the molecule is CCOC(=O)c1c(NC(=O)CSc2ccc(-c3nc4cc(C)c(C)cc4[nH]3)cn2)sc(C(C)=O)c1C. The van der Waals surface area contributed by atoms with Crippen LogP contribution in [0.3, 0.4) is 0 Å². The Morgan fingerprint density at radius 1 is 1.14 bits per heavy atom. The first-order chi connectivity index (χ1) is 17.2. The average molecular weight is 523 g/mol. The summed E-state index contributed by atoms with van der Waals surface area (Å²) < 4.78 is 5.11. The number of benzene rings is 1. The number of amides is 1. The van der Waals surface area contributed by atoms with Crippen LogP contribution in [0.1, 0.15) is 50.6 Å². The quantitative estimate of drug-likeness (QED) is 0.173. The van der Waals surface area contributed by atoms with Crippen LogP contribution in [-0.4, -0.2) is 45.0 Å². The monoisotopic (exact) mass is 522 g/mol. The molecule has 0 atom stereocenters. The molecule has 0 radical (unpaired) electrons. The van der Waals surface area contributed by atoms with Crippen molar-refractivity contribution in [2.45, 2.75) is 39.6 Å². The van der Waals surface area contributed by atoms with Gasteiger partial charge in [0.05, 0.1) is 38.9 Å². The van der Waals surface area contributed by atoms with Crippen molar-refractivity contribution in [3.05, 3.63) is 57.6 Å². The molecule has 1 amide bonds. The number of pyridine rings is 1. The van der Waals surface area contributed by atoms with Gasteiger partial charge >= 0.3 is 5.97 Å². The summed E-state index contributed by atoms with van der Waals surface area (Å²) in [5.41, 5.74) is 5.86. The Morgan fingerprint density at radius 3 is 2.56 bits per heavy atom. The number of hydrogen-bond acceptors (Lipinski definition) is 8. The number of carbonyl (C=O) groups is 3. The number of ketones is 1. The minimum atomic E-state index is -0.560. The van der Waals surface area contributed by atoms with E-state index < -0.39 is 5.97 Å². The highest BCUT2D eigenvalue weighted by molar-refractivity contribution is 7.99. The minimum Gasteiger partial charge on any atom is -0.462 e. The van der Waals surface area contributed by atoms with E-state index >= 15 is 0 Å². The van der Waals surface area contributed by atoms with E-state index in [-0.39, 0.29) is 29.6 Å². The smallest absolute Gasteiger partial charge is 0.341 e. The van der Waals surface area contributed by atoms with E-state index in [2.05, 4.69) is 46.2 Å². The molecule has 4 rings (SSSR count). The van der Waals surface area contributed by atoms with E-state index in [0.717, 1.165) is 33.8 Å². The van der Waals surface area contributed by atoms with Crippen LogP contribution in [0.15, 0.2) is 35.5 Å². The molecule has 0 spiro atoms. The fourth-order valence-electron chi connectivity index (χ4n) is 3.70. The number of hydrogen-bond donors (Lipinski definition) is 2. The lowest BCUT2D eigenvalue weighted by molar-refractivity contribution is -0.113. The number of esters is 1. The number of anilines is 1. The molecule has 0 bridgehead atoms. The molecular weight excluding hydrogens is 496 g/mol. The number of aryl methyl sites for hydroxylation is 2. The highest BCUT2D eigenvalue weighted by Gasteiger charge is 2.25. The topological polar surface area (TPSA) is 114 Å². The highest BCUT2D eigenvalue weighted by atomic mass is 32.2. The molecule has 0 fully saturated rings. The zero-order valence-corrected chi connectivity index (χ0v) is 22.3. The van der Waals surface area contributed by atoms with Crippen molar-refractivity contribution in [3.8, 4) is 11.4 Å². The van der Waals surface area contributed by atoms with E-state index in [9.17, 15) is 14.4 Å². The largest absolute Gasteiger partial charge is 0.462 e. The second kappa shape index (κ2) is 10.6. The number of aromatic nitrogens is 3. The molecule has 0 aliphatic heterocycles. The molecule has 3 heterocycles. The molecule has 1 aromatic carbocycles. The first kappa shape index (κ1) is 25.6. The Labute approximate surface area is 216 Å². The zero-order chi connectivity index (χ0) is 26.0. The second-order valence-electron chi connectivity index (χ2n) is 8.30. The van der Waals surface area contributed by atoms with Gasteiger partial charge in [-0.3, -0.25) is 9.59 Å². The molecule has 8 nitrogen and oxygen atoms in total. The number of thioether (sulfide) groups is 1. The van der Waals surface area contributed by atoms with Gasteiger partial charge in [-0.1, -0.05) is 11.8 Å². The number of fused-ring (bicyclic) bond motifs is 1. The number of nitrogens with one attached hydrogen (secondary N) is 2. The first-order valence-corrected chi connectivity index (χ1v) is 13.2. The molecule has 0 saturated heterocycles. The van der Waals surface area contributed by atoms with Crippen LogP contribution in [0, 0.1) is 20.8 Å². The van der Waals surface area contributed by atoms with Gasteiger partial charge in [0.2, 0.25) is 5.91 Å². The van der Waals surface area contributed by atoms with Crippen molar-refractivity contribution in [1.29, 1.82) is 0 Å². The van der Waals surface area contributed by atoms with E-state index in [0.29, 0.717) is 20.5 Å². The standard InChI is InChI=1S/C26H26N4O4S2/c1-6-34-26(33)22-15(4)23(16(5)31)36-25(22)30-20(32)12-35-21-8-7-17(11-27-21)24-28-18-9-13(2)14(3)10-19(18)29-24/h7-11H,6,12H2,1-5H3,(H,28,29)(H,30,32). The fraction of sp³-hybridized carbons (Fsp3) is 0.269. The Morgan fingerprint density at radius 2 is 1.89 bits per heavy atom. The van der Waals surface area contributed by atoms with Gasteiger partial charge in [0.1, 0.15) is 10.8 Å². The average Bonchev–Trinajstić information content (AvgIpc) is 3.39. The molecular formula is C26H26N4O4S2. The minimum absolute atomic E-state index is 0.0875. The lowest BCUT2D eigenvalue weighted by Crippen LogP contribution is -2.16. The van der Waals surface area contributed by atoms with Gasteiger partial charge in [0.25, 0.3) is 0 Å². The molecule has 186 valence electrons. The summed E-state index contributed by atoms with van der Waals surface area (Å²) in [6, 6.07) is 7.89. The van der Waals surface area contributed by atoms with Gasteiger partial charge in [0, 0.05) is 11.8 Å². The normalized spacial score (nSPS) is 11.0. The van der Waals surface area contributed by atoms with Crippen LogP contribution in [0.25, 0.3) is 22.4 Å². The van der Waals surface area contributed by atoms with Gasteiger partial charge in [-0.2, -0.15) is 0 Å². The number of aromatic amines is 1. The highest BCUT2D eigenvalue weighted by Crippen LogP contribution is 2.34. The molecule has 0 unspecified atom stereocenters. The maximum absolute atomic E-state index is 12.6. The van der Waals surface area contributed by atoms with Crippen molar-refractivity contribution in [1.82, 2.24) is 15.0 Å². The van der Waals surface area contributed by atoms with Crippen LogP contribution in [-0.2, 0) is 9.53 Å². The number of Topliss-reactive ketones (excluding diaryl/α,β-unsaturated/α-hetero) is 1. The Hall–Kier alpha value is -3.50. The van der Waals surface area contributed by atoms with Gasteiger partial charge in [-0.05, 0) is 75.6 Å². The van der Waals surface area contributed by atoms with E-state index in [4.69, 9.17) is 4.74 Å². The molecule has 0 aliphatic carbocycles. The number of rotatable bonds is 8. The predicted octanol–water partition coefficient (Wildman–Crippen LogP) is 5.72. The van der Waals surface area contributed by atoms with Gasteiger partial charge in [0.15, 0.2) is 5.78 Å². The Balaban J connectivity index is 1.43. The zero-order valence-electron chi connectivity index (χ0n) is 20.6. The summed E-state index contributed by atoms with van der Waals surface area (Å²) in [6.45, 7) is 9.14. The molecule has 0 saturated carbocycles. The Kier molecular flexibility index (Phi) is 7.56. The summed E-state index contributed by atoms with van der Waals surface area (Å²) in [5.74, 6) is -0.218. The van der Waals surface area contributed by atoms with Crippen LogP contribution in [0.5, 0.6) is 0 Å².